The van der Waals surface area contributed by atoms with Gasteiger partial charge in [-0.05, 0) is 36.8 Å². The molecule has 2 heteroatoms. The molecule has 0 aromatic heterocycles. The van der Waals surface area contributed by atoms with Crippen LogP contribution >= 0.6 is 0 Å². The zero-order chi connectivity index (χ0) is 13.1. The summed E-state index contributed by atoms with van der Waals surface area (Å²) in [5, 5.41) is 10.4. The Bertz CT molecular complexity index is 386. The maximum Gasteiger partial charge on any atom is 0.0841 e. The molecule has 0 saturated carbocycles. The van der Waals surface area contributed by atoms with Gasteiger partial charge in [-0.15, -0.1) is 0 Å². The molecule has 1 heterocycles. The van der Waals surface area contributed by atoms with Gasteiger partial charge in [0.05, 0.1) is 18.8 Å². The van der Waals surface area contributed by atoms with Crippen LogP contribution in [0.15, 0.2) is 24.3 Å². The zero-order valence-corrected chi connectivity index (χ0v) is 11.6. The van der Waals surface area contributed by atoms with Gasteiger partial charge >= 0.3 is 0 Å². The zero-order valence-electron chi connectivity index (χ0n) is 11.6. The second kappa shape index (κ2) is 5.85. The smallest absolute Gasteiger partial charge is 0.0841 e. The summed E-state index contributed by atoms with van der Waals surface area (Å²) in [5.41, 5.74) is 2.35. The standard InChI is InChI=1S/C16H24O2/c1-11(2)7-13-5-4-6-14(9-13)16(17)15-8-12(3)18-10-15/h4-6,9,11-12,15-17H,7-8,10H2,1-3H3. The van der Waals surface area contributed by atoms with Crippen molar-refractivity contribution in [1.29, 1.82) is 0 Å². The van der Waals surface area contributed by atoms with E-state index >= 15 is 0 Å². The summed E-state index contributed by atoms with van der Waals surface area (Å²) in [6.45, 7) is 7.18. The molecule has 1 aromatic carbocycles. The molecule has 2 rings (SSSR count). The van der Waals surface area contributed by atoms with Crippen LogP contribution in [0, 0.1) is 11.8 Å². The molecule has 0 bridgehead atoms. The van der Waals surface area contributed by atoms with Gasteiger partial charge in [-0.2, -0.15) is 0 Å². The minimum Gasteiger partial charge on any atom is -0.388 e. The lowest BCUT2D eigenvalue weighted by Gasteiger charge is -2.18. The largest absolute Gasteiger partial charge is 0.388 e. The fourth-order valence-electron chi connectivity index (χ4n) is 2.72. The fourth-order valence-corrected chi connectivity index (χ4v) is 2.72. The molecule has 0 spiro atoms. The normalized spacial score (nSPS) is 25.6. The number of ether oxygens (including phenoxy) is 1. The molecule has 0 aliphatic carbocycles. The molecule has 3 unspecified atom stereocenters. The minimum absolute atomic E-state index is 0.245. The van der Waals surface area contributed by atoms with Crippen molar-refractivity contribution in [3.05, 3.63) is 35.4 Å². The van der Waals surface area contributed by atoms with Crippen LogP contribution in [0.25, 0.3) is 0 Å². The van der Waals surface area contributed by atoms with E-state index in [0.717, 1.165) is 18.4 Å². The number of hydrogen-bond donors (Lipinski definition) is 1. The molecule has 1 saturated heterocycles. The fraction of sp³-hybridized carbons (Fsp3) is 0.625. The summed E-state index contributed by atoms with van der Waals surface area (Å²) in [6.07, 6.45) is 1.92. The molecule has 1 N–H and O–H groups in total. The lowest BCUT2D eigenvalue weighted by molar-refractivity contribution is 0.0803. The highest BCUT2D eigenvalue weighted by Gasteiger charge is 2.29. The van der Waals surface area contributed by atoms with Crippen molar-refractivity contribution in [2.45, 2.75) is 45.8 Å². The highest BCUT2D eigenvalue weighted by molar-refractivity contribution is 5.26. The molecule has 1 aliphatic heterocycles. The van der Waals surface area contributed by atoms with Gasteiger partial charge in [0.2, 0.25) is 0 Å². The van der Waals surface area contributed by atoms with Crippen molar-refractivity contribution in [2.75, 3.05) is 6.61 Å². The van der Waals surface area contributed by atoms with Crippen LogP contribution in [0.1, 0.15) is 44.4 Å². The molecular formula is C16H24O2. The maximum absolute atomic E-state index is 10.4. The predicted octanol–water partition coefficient (Wildman–Crippen LogP) is 3.34. The van der Waals surface area contributed by atoms with Crippen LogP contribution in [0.4, 0.5) is 0 Å². The summed E-state index contributed by atoms with van der Waals surface area (Å²) in [7, 11) is 0. The predicted molar refractivity (Wildman–Crippen MR) is 73.5 cm³/mol. The summed E-state index contributed by atoms with van der Waals surface area (Å²) < 4.78 is 5.54. The van der Waals surface area contributed by atoms with Crippen LogP contribution in [0.5, 0.6) is 0 Å². The molecule has 0 amide bonds. The van der Waals surface area contributed by atoms with Gasteiger partial charge in [-0.25, -0.2) is 0 Å². The lowest BCUT2D eigenvalue weighted by Crippen LogP contribution is -2.13. The average Bonchev–Trinajstić information content (AvgIpc) is 2.74. The van der Waals surface area contributed by atoms with E-state index in [1.807, 2.05) is 6.07 Å². The van der Waals surface area contributed by atoms with E-state index in [0.29, 0.717) is 12.5 Å². The van der Waals surface area contributed by atoms with Crippen molar-refractivity contribution >= 4 is 0 Å². The molecule has 1 aromatic rings. The van der Waals surface area contributed by atoms with E-state index in [2.05, 4.69) is 39.0 Å². The third kappa shape index (κ3) is 3.33. The van der Waals surface area contributed by atoms with E-state index in [-0.39, 0.29) is 18.1 Å². The molecule has 1 aliphatic rings. The Morgan fingerprint density at radius 2 is 2.17 bits per heavy atom. The highest BCUT2D eigenvalue weighted by Crippen LogP contribution is 2.32. The molecular weight excluding hydrogens is 224 g/mol. The summed E-state index contributed by atoms with van der Waals surface area (Å²) in [4.78, 5) is 0. The maximum atomic E-state index is 10.4. The van der Waals surface area contributed by atoms with E-state index in [9.17, 15) is 5.11 Å². The number of rotatable bonds is 4. The number of aliphatic hydroxyl groups is 1. The van der Waals surface area contributed by atoms with E-state index < -0.39 is 0 Å². The van der Waals surface area contributed by atoms with Crippen molar-refractivity contribution in [1.82, 2.24) is 0 Å². The SMILES string of the molecule is CC(C)Cc1cccc(C(O)C2COC(C)C2)c1. The van der Waals surface area contributed by atoms with Gasteiger partial charge in [-0.3, -0.25) is 0 Å². The molecule has 3 atom stereocenters. The first-order chi connectivity index (χ1) is 8.56. The van der Waals surface area contributed by atoms with Gasteiger partial charge in [0.15, 0.2) is 0 Å². The van der Waals surface area contributed by atoms with Crippen LogP contribution in [0.2, 0.25) is 0 Å². The quantitative estimate of drug-likeness (QED) is 0.885. The van der Waals surface area contributed by atoms with Crippen molar-refractivity contribution in [3.8, 4) is 0 Å². The summed E-state index contributed by atoms with van der Waals surface area (Å²) in [6, 6.07) is 8.37. The third-order valence-electron chi connectivity index (χ3n) is 3.61. The second-order valence-electron chi connectivity index (χ2n) is 5.93. The van der Waals surface area contributed by atoms with E-state index in [4.69, 9.17) is 4.74 Å². The Hall–Kier alpha value is -0.860. The molecule has 1 fully saturated rings. The van der Waals surface area contributed by atoms with Gasteiger partial charge in [0.25, 0.3) is 0 Å². The summed E-state index contributed by atoms with van der Waals surface area (Å²) in [5.74, 6) is 0.890. The Labute approximate surface area is 110 Å². The van der Waals surface area contributed by atoms with Crippen molar-refractivity contribution in [3.63, 3.8) is 0 Å². The van der Waals surface area contributed by atoms with Gasteiger partial charge < -0.3 is 9.84 Å². The van der Waals surface area contributed by atoms with Crippen LogP contribution in [-0.4, -0.2) is 17.8 Å². The monoisotopic (exact) mass is 248 g/mol. The second-order valence-corrected chi connectivity index (χ2v) is 5.93. The highest BCUT2D eigenvalue weighted by atomic mass is 16.5. The van der Waals surface area contributed by atoms with Crippen LogP contribution in [0.3, 0.4) is 0 Å². The van der Waals surface area contributed by atoms with E-state index in [1.54, 1.807) is 0 Å². The Morgan fingerprint density at radius 3 is 2.78 bits per heavy atom. The number of aliphatic hydroxyl groups excluding tert-OH is 1. The first-order valence-corrected chi connectivity index (χ1v) is 6.94. The van der Waals surface area contributed by atoms with Gasteiger partial charge in [0, 0.05) is 5.92 Å². The Balaban J connectivity index is 2.07. The van der Waals surface area contributed by atoms with Crippen LogP contribution in [-0.2, 0) is 11.2 Å². The molecule has 100 valence electrons. The topological polar surface area (TPSA) is 29.5 Å². The first-order valence-electron chi connectivity index (χ1n) is 6.94. The van der Waals surface area contributed by atoms with Gasteiger partial charge in [0.1, 0.15) is 0 Å². The Kier molecular flexibility index (Phi) is 4.41. The molecule has 2 nitrogen and oxygen atoms in total. The molecule has 18 heavy (non-hydrogen) atoms. The number of benzene rings is 1. The average molecular weight is 248 g/mol. The Morgan fingerprint density at radius 1 is 1.39 bits per heavy atom. The van der Waals surface area contributed by atoms with Crippen molar-refractivity contribution < 1.29 is 9.84 Å². The molecule has 0 radical (unpaired) electrons. The summed E-state index contributed by atoms with van der Waals surface area (Å²) >= 11 is 0. The lowest BCUT2D eigenvalue weighted by atomic mass is 9.91. The van der Waals surface area contributed by atoms with Gasteiger partial charge in [-0.1, -0.05) is 38.1 Å². The van der Waals surface area contributed by atoms with Crippen molar-refractivity contribution in [2.24, 2.45) is 11.8 Å². The minimum atomic E-state index is -0.387. The third-order valence-corrected chi connectivity index (χ3v) is 3.61. The number of hydrogen-bond acceptors (Lipinski definition) is 2. The van der Waals surface area contributed by atoms with E-state index in [1.165, 1.54) is 5.56 Å². The van der Waals surface area contributed by atoms with Crippen LogP contribution < -0.4 is 0 Å². The first kappa shape index (κ1) is 13.6.